The third-order valence-electron chi connectivity index (χ3n) is 3.98. The van der Waals surface area contributed by atoms with Crippen molar-refractivity contribution < 1.29 is 4.79 Å². The molecule has 1 unspecified atom stereocenters. The summed E-state index contributed by atoms with van der Waals surface area (Å²) in [7, 11) is 0. The molecule has 1 aliphatic heterocycles. The van der Waals surface area contributed by atoms with Gasteiger partial charge in [0, 0.05) is 24.0 Å². The molecule has 0 spiro atoms. The average Bonchev–Trinajstić information content (AvgIpc) is 3.01. The number of hydrogen-bond donors (Lipinski definition) is 2. The predicted molar refractivity (Wildman–Crippen MR) is 88.8 cm³/mol. The fourth-order valence-corrected chi connectivity index (χ4v) is 3.44. The first-order valence-corrected chi connectivity index (χ1v) is 8.90. The Morgan fingerprint density at radius 2 is 2.43 bits per heavy atom. The largest absolute Gasteiger partial charge is 0.355 e. The molecule has 1 atom stereocenters. The van der Waals surface area contributed by atoms with Crippen LogP contribution in [-0.4, -0.2) is 49.6 Å². The second kappa shape index (κ2) is 9.18. The number of thiophene rings is 1. The molecule has 2 N–H and O–H groups in total. The van der Waals surface area contributed by atoms with Crippen molar-refractivity contribution >= 4 is 17.2 Å². The number of nitrogens with one attached hydrogen (secondary N) is 2. The average molecular weight is 309 g/mol. The van der Waals surface area contributed by atoms with Gasteiger partial charge in [0.15, 0.2) is 0 Å². The second-order valence-electron chi connectivity index (χ2n) is 5.65. The van der Waals surface area contributed by atoms with Crippen LogP contribution in [0.1, 0.15) is 31.1 Å². The molecule has 4 nitrogen and oxygen atoms in total. The quantitative estimate of drug-likeness (QED) is 0.770. The molecule has 1 aliphatic rings. The number of amides is 1. The van der Waals surface area contributed by atoms with Gasteiger partial charge >= 0.3 is 0 Å². The molecule has 1 fully saturated rings. The van der Waals surface area contributed by atoms with E-state index >= 15 is 0 Å². The van der Waals surface area contributed by atoms with Gasteiger partial charge in [-0.15, -0.1) is 11.3 Å². The topological polar surface area (TPSA) is 44.4 Å². The minimum atomic E-state index is 0.143. The van der Waals surface area contributed by atoms with Crippen LogP contribution in [0.5, 0.6) is 0 Å². The fourth-order valence-electron chi connectivity index (χ4n) is 2.74. The van der Waals surface area contributed by atoms with E-state index in [0.717, 1.165) is 32.6 Å². The fraction of sp³-hybridized carbons (Fsp3) is 0.688. The van der Waals surface area contributed by atoms with Gasteiger partial charge < -0.3 is 10.6 Å². The lowest BCUT2D eigenvalue weighted by molar-refractivity contribution is -0.122. The van der Waals surface area contributed by atoms with Gasteiger partial charge in [-0.3, -0.25) is 9.69 Å². The van der Waals surface area contributed by atoms with E-state index < -0.39 is 0 Å². The minimum Gasteiger partial charge on any atom is -0.355 e. The molecule has 1 aromatic heterocycles. The number of hydrogen-bond acceptors (Lipinski definition) is 4. The highest BCUT2D eigenvalue weighted by Gasteiger charge is 2.17. The zero-order valence-electron chi connectivity index (χ0n) is 12.9. The lowest BCUT2D eigenvalue weighted by Crippen LogP contribution is -2.46. The smallest absolute Gasteiger partial charge is 0.234 e. The molecule has 0 bridgehead atoms. The van der Waals surface area contributed by atoms with E-state index in [-0.39, 0.29) is 5.91 Å². The molecule has 1 saturated heterocycles. The lowest BCUT2D eigenvalue weighted by Gasteiger charge is -2.29. The molecular formula is C16H27N3OS. The van der Waals surface area contributed by atoms with Crippen molar-refractivity contribution in [2.75, 3.05) is 32.7 Å². The Kier molecular flexibility index (Phi) is 7.19. The van der Waals surface area contributed by atoms with Crippen LogP contribution in [0.2, 0.25) is 0 Å². The molecule has 0 radical (unpaired) electrons. The van der Waals surface area contributed by atoms with Gasteiger partial charge in [-0.2, -0.15) is 0 Å². The van der Waals surface area contributed by atoms with Gasteiger partial charge in [0.2, 0.25) is 5.91 Å². The summed E-state index contributed by atoms with van der Waals surface area (Å²) in [6, 6.07) is 4.72. The summed E-state index contributed by atoms with van der Waals surface area (Å²) in [6.07, 6.45) is 4.75. The van der Waals surface area contributed by atoms with E-state index in [1.165, 1.54) is 24.1 Å². The first-order valence-electron chi connectivity index (χ1n) is 8.02. The van der Waals surface area contributed by atoms with Crippen LogP contribution in [0.15, 0.2) is 17.5 Å². The van der Waals surface area contributed by atoms with Gasteiger partial charge in [-0.1, -0.05) is 19.4 Å². The summed E-state index contributed by atoms with van der Waals surface area (Å²) in [5.74, 6) is 0.143. The molecule has 118 valence electrons. The Hall–Kier alpha value is -0.910. The normalized spacial score (nSPS) is 18.9. The van der Waals surface area contributed by atoms with E-state index in [0.29, 0.717) is 12.6 Å². The molecular weight excluding hydrogens is 282 g/mol. The van der Waals surface area contributed by atoms with Crippen LogP contribution < -0.4 is 10.6 Å². The molecule has 21 heavy (non-hydrogen) atoms. The number of rotatable bonds is 8. The Morgan fingerprint density at radius 3 is 3.10 bits per heavy atom. The van der Waals surface area contributed by atoms with E-state index in [2.05, 4.69) is 40.0 Å². The van der Waals surface area contributed by atoms with Gasteiger partial charge in [0.25, 0.3) is 0 Å². The lowest BCUT2D eigenvalue weighted by atomic mass is 10.0. The molecule has 5 heteroatoms. The summed E-state index contributed by atoms with van der Waals surface area (Å²) >= 11 is 1.75. The molecule has 1 amide bonds. The molecule has 0 aliphatic carbocycles. The Balaban J connectivity index is 1.64. The van der Waals surface area contributed by atoms with Crippen molar-refractivity contribution in [2.24, 2.45) is 0 Å². The molecule has 1 aromatic rings. The molecule has 2 heterocycles. The highest BCUT2D eigenvalue weighted by Crippen LogP contribution is 2.09. The predicted octanol–water partition coefficient (Wildman–Crippen LogP) is 1.87. The SMILES string of the molecule is CCN(CC(=O)NCCc1cccs1)CC1CCCCN1. The first-order chi connectivity index (χ1) is 10.3. The van der Waals surface area contributed by atoms with E-state index in [9.17, 15) is 4.79 Å². The maximum Gasteiger partial charge on any atom is 0.234 e. The highest BCUT2D eigenvalue weighted by molar-refractivity contribution is 7.09. The highest BCUT2D eigenvalue weighted by atomic mass is 32.1. The Morgan fingerprint density at radius 1 is 1.52 bits per heavy atom. The number of nitrogens with zero attached hydrogens (tertiary/aromatic N) is 1. The van der Waals surface area contributed by atoms with Crippen LogP contribution in [0.4, 0.5) is 0 Å². The first kappa shape index (κ1) is 16.5. The number of carbonyl (C=O) groups excluding carboxylic acids is 1. The molecule has 0 saturated carbocycles. The number of piperidine rings is 1. The van der Waals surface area contributed by atoms with Crippen molar-refractivity contribution in [2.45, 2.75) is 38.6 Å². The van der Waals surface area contributed by atoms with Crippen LogP contribution in [-0.2, 0) is 11.2 Å². The van der Waals surface area contributed by atoms with E-state index in [4.69, 9.17) is 0 Å². The van der Waals surface area contributed by atoms with Crippen LogP contribution in [0, 0.1) is 0 Å². The Labute approximate surface area is 131 Å². The number of likely N-dealkylation sites (N-methyl/N-ethyl adjacent to an activating group) is 1. The van der Waals surface area contributed by atoms with Gasteiger partial charge in [-0.05, 0) is 43.8 Å². The zero-order chi connectivity index (χ0) is 14.9. The monoisotopic (exact) mass is 309 g/mol. The third-order valence-corrected chi connectivity index (χ3v) is 4.92. The second-order valence-corrected chi connectivity index (χ2v) is 6.69. The van der Waals surface area contributed by atoms with Gasteiger partial charge in [-0.25, -0.2) is 0 Å². The third kappa shape index (κ3) is 6.16. The van der Waals surface area contributed by atoms with Crippen LogP contribution in [0.3, 0.4) is 0 Å². The van der Waals surface area contributed by atoms with Gasteiger partial charge in [0.05, 0.1) is 6.54 Å². The number of carbonyl (C=O) groups is 1. The Bertz CT molecular complexity index is 402. The zero-order valence-corrected chi connectivity index (χ0v) is 13.8. The van der Waals surface area contributed by atoms with E-state index in [1.54, 1.807) is 11.3 Å². The van der Waals surface area contributed by atoms with Crippen molar-refractivity contribution in [3.8, 4) is 0 Å². The van der Waals surface area contributed by atoms with Gasteiger partial charge in [0.1, 0.15) is 0 Å². The van der Waals surface area contributed by atoms with Crippen molar-refractivity contribution in [3.63, 3.8) is 0 Å². The standard InChI is InChI=1S/C16H27N3OS/c1-2-19(12-14-6-3-4-9-17-14)13-16(20)18-10-8-15-7-5-11-21-15/h5,7,11,14,17H,2-4,6,8-10,12-13H2,1H3,(H,18,20). The molecule has 0 aromatic carbocycles. The molecule has 2 rings (SSSR count). The maximum absolute atomic E-state index is 12.0. The summed E-state index contributed by atoms with van der Waals surface area (Å²) in [5, 5.41) is 8.65. The maximum atomic E-state index is 12.0. The van der Waals surface area contributed by atoms with Crippen LogP contribution >= 0.6 is 11.3 Å². The van der Waals surface area contributed by atoms with Crippen molar-refractivity contribution in [1.29, 1.82) is 0 Å². The minimum absolute atomic E-state index is 0.143. The summed E-state index contributed by atoms with van der Waals surface area (Å²) in [5.41, 5.74) is 0. The van der Waals surface area contributed by atoms with E-state index in [1.807, 2.05) is 0 Å². The summed E-state index contributed by atoms with van der Waals surface area (Å²) in [4.78, 5) is 15.6. The van der Waals surface area contributed by atoms with Crippen molar-refractivity contribution in [3.05, 3.63) is 22.4 Å². The van der Waals surface area contributed by atoms with Crippen LogP contribution in [0.25, 0.3) is 0 Å². The summed E-state index contributed by atoms with van der Waals surface area (Å²) in [6.45, 7) is 6.40. The summed E-state index contributed by atoms with van der Waals surface area (Å²) < 4.78 is 0. The van der Waals surface area contributed by atoms with Crippen molar-refractivity contribution in [1.82, 2.24) is 15.5 Å².